The van der Waals surface area contributed by atoms with Gasteiger partial charge >= 0.3 is 0 Å². The SMILES string of the molecule is CNC1CCN(Cc2csc(Cl)c2Cl)CC1.Cl. The maximum absolute atomic E-state index is 6.12. The molecule has 0 spiro atoms. The van der Waals surface area contributed by atoms with Crippen LogP contribution in [0.3, 0.4) is 0 Å². The zero-order valence-electron chi connectivity index (χ0n) is 9.71. The number of piperidine rings is 1. The van der Waals surface area contributed by atoms with Gasteiger partial charge in [0.25, 0.3) is 0 Å². The van der Waals surface area contributed by atoms with E-state index in [1.54, 1.807) is 0 Å². The van der Waals surface area contributed by atoms with Gasteiger partial charge in [0.15, 0.2) is 0 Å². The van der Waals surface area contributed by atoms with Crippen LogP contribution in [0.15, 0.2) is 5.38 Å². The molecule has 1 aromatic heterocycles. The van der Waals surface area contributed by atoms with Crippen LogP contribution in [-0.2, 0) is 6.54 Å². The van der Waals surface area contributed by atoms with E-state index in [1.807, 2.05) is 7.05 Å². The molecule has 0 unspecified atom stereocenters. The van der Waals surface area contributed by atoms with Crippen molar-refractivity contribution in [3.63, 3.8) is 0 Å². The summed E-state index contributed by atoms with van der Waals surface area (Å²) in [6, 6.07) is 0.679. The molecule has 17 heavy (non-hydrogen) atoms. The maximum atomic E-state index is 6.12. The molecule has 1 aromatic rings. The highest BCUT2D eigenvalue weighted by Gasteiger charge is 2.19. The van der Waals surface area contributed by atoms with E-state index in [0.29, 0.717) is 10.4 Å². The average Bonchev–Trinajstić information content (AvgIpc) is 2.62. The molecule has 1 fully saturated rings. The number of nitrogens with zero attached hydrogens (tertiary/aromatic N) is 1. The summed E-state index contributed by atoms with van der Waals surface area (Å²) in [4.78, 5) is 2.44. The summed E-state index contributed by atoms with van der Waals surface area (Å²) in [5.41, 5.74) is 1.17. The van der Waals surface area contributed by atoms with E-state index in [-0.39, 0.29) is 12.4 Å². The van der Waals surface area contributed by atoms with Crippen molar-refractivity contribution in [2.45, 2.75) is 25.4 Å². The number of rotatable bonds is 3. The number of nitrogens with one attached hydrogen (secondary N) is 1. The first-order valence-electron chi connectivity index (χ1n) is 5.51. The molecule has 0 aliphatic carbocycles. The summed E-state index contributed by atoms with van der Waals surface area (Å²) in [6.45, 7) is 3.20. The summed E-state index contributed by atoms with van der Waals surface area (Å²) in [6.07, 6.45) is 2.43. The van der Waals surface area contributed by atoms with Gasteiger partial charge in [-0.2, -0.15) is 0 Å². The maximum Gasteiger partial charge on any atom is 0.112 e. The Hall–Kier alpha value is 0.490. The second kappa shape index (κ2) is 7.17. The minimum atomic E-state index is 0. The molecule has 1 saturated heterocycles. The van der Waals surface area contributed by atoms with Crippen LogP contribution in [0.4, 0.5) is 0 Å². The predicted molar refractivity (Wildman–Crippen MR) is 78.9 cm³/mol. The molecule has 0 radical (unpaired) electrons. The largest absolute Gasteiger partial charge is 0.317 e. The molecular weight excluding hydrogens is 299 g/mol. The Morgan fingerprint density at radius 1 is 1.41 bits per heavy atom. The highest BCUT2D eigenvalue weighted by Crippen LogP contribution is 2.33. The molecule has 6 heteroatoms. The number of halogens is 3. The van der Waals surface area contributed by atoms with E-state index >= 15 is 0 Å². The smallest absolute Gasteiger partial charge is 0.112 e. The third kappa shape index (κ3) is 3.98. The van der Waals surface area contributed by atoms with E-state index < -0.39 is 0 Å². The summed E-state index contributed by atoms with van der Waals surface area (Å²) < 4.78 is 0.710. The highest BCUT2D eigenvalue weighted by molar-refractivity contribution is 7.15. The minimum absolute atomic E-state index is 0. The molecule has 0 atom stereocenters. The fraction of sp³-hybridized carbons (Fsp3) is 0.636. The van der Waals surface area contributed by atoms with E-state index in [0.717, 1.165) is 24.7 Å². The number of hydrogen-bond donors (Lipinski definition) is 1. The molecule has 1 aliphatic rings. The zero-order chi connectivity index (χ0) is 11.5. The van der Waals surface area contributed by atoms with Crippen molar-refractivity contribution in [3.05, 3.63) is 20.3 Å². The lowest BCUT2D eigenvalue weighted by atomic mass is 10.1. The molecule has 98 valence electrons. The molecule has 0 aromatic carbocycles. The highest BCUT2D eigenvalue weighted by atomic mass is 35.5. The van der Waals surface area contributed by atoms with Gasteiger partial charge < -0.3 is 5.32 Å². The van der Waals surface area contributed by atoms with Gasteiger partial charge in [0.1, 0.15) is 4.34 Å². The van der Waals surface area contributed by atoms with Crippen LogP contribution in [0.1, 0.15) is 18.4 Å². The lowest BCUT2D eigenvalue weighted by Crippen LogP contribution is -2.40. The van der Waals surface area contributed by atoms with E-state index in [9.17, 15) is 0 Å². The molecule has 1 aliphatic heterocycles. The molecule has 2 nitrogen and oxygen atoms in total. The second-order valence-corrected chi connectivity index (χ2v) is 6.05. The van der Waals surface area contributed by atoms with E-state index in [1.165, 1.54) is 29.7 Å². The third-order valence-electron chi connectivity index (χ3n) is 3.15. The Bertz CT molecular complexity index is 348. The molecular formula is C11H17Cl3N2S. The van der Waals surface area contributed by atoms with Gasteiger partial charge in [-0.1, -0.05) is 23.2 Å². The molecule has 0 amide bonds. The van der Waals surface area contributed by atoms with E-state index in [4.69, 9.17) is 23.2 Å². The van der Waals surface area contributed by atoms with Crippen LogP contribution in [0.2, 0.25) is 9.36 Å². The van der Waals surface area contributed by atoms with Gasteiger partial charge in [0, 0.05) is 12.6 Å². The Kier molecular flexibility index (Phi) is 6.56. The Morgan fingerprint density at radius 3 is 2.53 bits per heavy atom. The van der Waals surface area contributed by atoms with Crippen molar-refractivity contribution < 1.29 is 0 Å². The van der Waals surface area contributed by atoms with Gasteiger partial charge in [-0.3, -0.25) is 4.90 Å². The van der Waals surface area contributed by atoms with Gasteiger partial charge in [0.05, 0.1) is 5.02 Å². The molecule has 0 bridgehead atoms. The fourth-order valence-electron chi connectivity index (χ4n) is 2.08. The molecule has 2 heterocycles. The van der Waals surface area contributed by atoms with Crippen molar-refractivity contribution in [2.24, 2.45) is 0 Å². The third-order valence-corrected chi connectivity index (χ3v) is 5.06. The van der Waals surface area contributed by atoms with Crippen molar-refractivity contribution in [1.29, 1.82) is 0 Å². The molecule has 2 rings (SSSR count). The first-order chi connectivity index (χ1) is 7.70. The van der Waals surface area contributed by atoms with Gasteiger partial charge in [-0.15, -0.1) is 23.7 Å². The number of thiophene rings is 1. The van der Waals surface area contributed by atoms with Crippen LogP contribution in [0.5, 0.6) is 0 Å². The lowest BCUT2D eigenvalue weighted by Gasteiger charge is -2.31. The van der Waals surface area contributed by atoms with Crippen molar-refractivity contribution in [2.75, 3.05) is 20.1 Å². The van der Waals surface area contributed by atoms with Crippen LogP contribution >= 0.6 is 46.9 Å². The summed E-state index contributed by atoms with van der Waals surface area (Å²) in [7, 11) is 2.04. The van der Waals surface area contributed by atoms with Crippen molar-refractivity contribution in [3.8, 4) is 0 Å². The zero-order valence-corrected chi connectivity index (χ0v) is 12.9. The molecule has 1 N–H and O–H groups in total. The Morgan fingerprint density at radius 2 is 2.06 bits per heavy atom. The fourth-order valence-corrected chi connectivity index (χ4v) is 3.32. The standard InChI is InChI=1S/C11H16Cl2N2S.ClH/c1-14-9-2-4-15(5-3-9)6-8-7-16-11(13)10(8)12;/h7,9,14H,2-6H2,1H3;1H. The second-order valence-electron chi connectivity index (χ2n) is 4.19. The minimum Gasteiger partial charge on any atom is -0.317 e. The quantitative estimate of drug-likeness (QED) is 0.916. The van der Waals surface area contributed by atoms with Crippen molar-refractivity contribution >= 4 is 46.9 Å². The van der Waals surface area contributed by atoms with Crippen LogP contribution in [0, 0.1) is 0 Å². The summed E-state index contributed by atoms with van der Waals surface area (Å²) in [5, 5.41) is 6.13. The van der Waals surface area contributed by atoms with Crippen LogP contribution in [-0.4, -0.2) is 31.1 Å². The van der Waals surface area contributed by atoms with Gasteiger partial charge in [0.2, 0.25) is 0 Å². The normalized spacial score (nSPS) is 18.1. The first-order valence-corrected chi connectivity index (χ1v) is 7.15. The topological polar surface area (TPSA) is 15.3 Å². The lowest BCUT2D eigenvalue weighted by molar-refractivity contribution is 0.195. The van der Waals surface area contributed by atoms with E-state index in [2.05, 4.69) is 15.6 Å². The van der Waals surface area contributed by atoms with Gasteiger partial charge in [-0.05, 0) is 43.9 Å². The summed E-state index contributed by atoms with van der Waals surface area (Å²) in [5.74, 6) is 0. The van der Waals surface area contributed by atoms with Crippen molar-refractivity contribution in [1.82, 2.24) is 10.2 Å². The number of hydrogen-bond acceptors (Lipinski definition) is 3. The van der Waals surface area contributed by atoms with Gasteiger partial charge in [-0.25, -0.2) is 0 Å². The first kappa shape index (κ1) is 15.5. The average molecular weight is 316 g/mol. The van der Waals surface area contributed by atoms with Crippen LogP contribution < -0.4 is 5.32 Å². The predicted octanol–water partition coefficient (Wildman–Crippen LogP) is 3.66. The monoisotopic (exact) mass is 314 g/mol. The summed E-state index contributed by atoms with van der Waals surface area (Å²) >= 11 is 13.6. The van der Waals surface area contributed by atoms with Crippen LogP contribution in [0.25, 0.3) is 0 Å². The molecule has 0 saturated carbocycles. The Labute approximate surface area is 123 Å². The number of likely N-dealkylation sites (tertiary alicyclic amines) is 1. The Balaban J connectivity index is 0.00000144.